The van der Waals surface area contributed by atoms with Gasteiger partial charge in [-0.05, 0) is 19.1 Å². The summed E-state index contributed by atoms with van der Waals surface area (Å²) in [5, 5.41) is 1.93. The van der Waals surface area contributed by atoms with Gasteiger partial charge in [-0.15, -0.1) is 11.3 Å². The average molecular weight is 416 g/mol. The van der Waals surface area contributed by atoms with Gasteiger partial charge >= 0.3 is 0 Å². The lowest BCUT2D eigenvalue weighted by molar-refractivity contribution is -0.129. The number of piperazine rings is 1. The summed E-state index contributed by atoms with van der Waals surface area (Å²) in [5.74, 6) is -0.542. The molecular weight excluding hydrogens is 397 g/mol. The van der Waals surface area contributed by atoms with Crippen LogP contribution in [0.4, 0.5) is 4.39 Å². The zero-order valence-electron chi connectivity index (χ0n) is 14.1. The standard InChI is InChI=1S/C16H18FN3O3S3/c1-12-10-24-16(18-12)25-11-15(21)19-6-8-20(9-7-19)26(22,23)14-5-3-2-4-13(14)17/h2-5,10H,6-9,11H2,1H3. The average Bonchev–Trinajstić information content (AvgIpc) is 3.05. The molecule has 1 aromatic heterocycles. The van der Waals surface area contributed by atoms with Gasteiger partial charge in [-0.2, -0.15) is 4.31 Å². The highest BCUT2D eigenvalue weighted by atomic mass is 32.2. The highest BCUT2D eigenvalue weighted by Gasteiger charge is 2.31. The van der Waals surface area contributed by atoms with Gasteiger partial charge in [0, 0.05) is 37.3 Å². The first-order chi connectivity index (χ1) is 12.4. The molecule has 26 heavy (non-hydrogen) atoms. The Hall–Kier alpha value is -1.49. The lowest BCUT2D eigenvalue weighted by Crippen LogP contribution is -2.51. The van der Waals surface area contributed by atoms with Crippen molar-refractivity contribution < 1.29 is 17.6 Å². The van der Waals surface area contributed by atoms with E-state index in [1.54, 1.807) is 4.90 Å². The zero-order chi connectivity index (χ0) is 18.7. The maximum atomic E-state index is 13.8. The van der Waals surface area contributed by atoms with Crippen molar-refractivity contribution in [2.24, 2.45) is 0 Å². The van der Waals surface area contributed by atoms with Crippen LogP contribution in [-0.4, -0.2) is 60.4 Å². The van der Waals surface area contributed by atoms with Gasteiger partial charge in [0.1, 0.15) is 10.7 Å². The van der Waals surface area contributed by atoms with Gasteiger partial charge in [0.15, 0.2) is 4.34 Å². The highest BCUT2D eigenvalue weighted by molar-refractivity contribution is 8.01. The van der Waals surface area contributed by atoms with E-state index >= 15 is 0 Å². The van der Waals surface area contributed by atoms with E-state index < -0.39 is 15.8 Å². The number of amides is 1. The van der Waals surface area contributed by atoms with Crippen LogP contribution in [-0.2, 0) is 14.8 Å². The largest absolute Gasteiger partial charge is 0.339 e. The lowest BCUT2D eigenvalue weighted by Gasteiger charge is -2.34. The molecule has 140 valence electrons. The molecule has 1 aliphatic heterocycles. The van der Waals surface area contributed by atoms with Crippen molar-refractivity contribution in [3.63, 3.8) is 0 Å². The highest BCUT2D eigenvalue weighted by Crippen LogP contribution is 2.24. The predicted molar refractivity (Wildman–Crippen MR) is 99.3 cm³/mol. The van der Waals surface area contributed by atoms with E-state index in [4.69, 9.17) is 0 Å². The maximum Gasteiger partial charge on any atom is 0.246 e. The number of rotatable bonds is 5. The number of thioether (sulfide) groups is 1. The number of halogens is 1. The second-order valence-corrected chi connectivity index (χ2v) is 9.75. The number of thiazole rings is 1. The summed E-state index contributed by atoms with van der Waals surface area (Å²) in [6.07, 6.45) is 0. The fourth-order valence-corrected chi connectivity index (χ4v) is 5.82. The van der Waals surface area contributed by atoms with Crippen LogP contribution in [0.1, 0.15) is 5.69 Å². The molecule has 0 atom stereocenters. The third-order valence-electron chi connectivity index (χ3n) is 3.96. The molecule has 1 amide bonds. The molecule has 2 aromatic rings. The monoisotopic (exact) mass is 415 g/mol. The van der Waals surface area contributed by atoms with Gasteiger partial charge in [-0.1, -0.05) is 23.9 Å². The van der Waals surface area contributed by atoms with Crippen LogP contribution in [0.15, 0.2) is 38.9 Å². The number of hydrogen-bond donors (Lipinski definition) is 0. The van der Waals surface area contributed by atoms with Crippen LogP contribution in [0.25, 0.3) is 0 Å². The van der Waals surface area contributed by atoms with Crippen LogP contribution < -0.4 is 0 Å². The summed E-state index contributed by atoms with van der Waals surface area (Å²) in [4.78, 5) is 17.9. The molecule has 1 saturated heterocycles. The maximum absolute atomic E-state index is 13.8. The fraction of sp³-hybridized carbons (Fsp3) is 0.375. The van der Waals surface area contributed by atoms with Gasteiger partial charge in [-0.25, -0.2) is 17.8 Å². The number of carbonyl (C=O) groups is 1. The van der Waals surface area contributed by atoms with Crippen molar-refractivity contribution >= 4 is 39.0 Å². The normalized spacial score (nSPS) is 16.0. The summed E-state index contributed by atoms with van der Waals surface area (Å²) in [6, 6.07) is 5.33. The Morgan fingerprint density at radius 2 is 1.96 bits per heavy atom. The molecule has 2 heterocycles. The van der Waals surface area contributed by atoms with Crippen LogP contribution in [0.3, 0.4) is 0 Å². The molecule has 0 N–H and O–H groups in total. The van der Waals surface area contributed by atoms with E-state index in [1.807, 2.05) is 12.3 Å². The van der Waals surface area contributed by atoms with E-state index in [-0.39, 0.29) is 29.6 Å². The molecule has 1 aromatic carbocycles. The Morgan fingerprint density at radius 1 is 1.27 bits per heavy atom. The summed E-state index contributed by atoms with van der Waals surface area (Å²) in [6.45, 7) is 2.80. The van der Waals surface area contributed by atoms with Gasteiger partial charge < -0.3 is 4.90 Å². The molecule has 1 aliphatic rings. The van der Waals surface area contributed by atoms with E-state index in [9.17, 15) is 17.6 Å². The van der Waals surface area contributed by atoms with Crippen molar-refractivity contribution in [3.05, 3.63) is 41.2 Å². The second kappa shape index (κ2) is 8.03. The molecule has 6 nitrogen and oxygen atoms in total. The third kappa shape index (κ3) is 4.25. The Balaban J connectivity index is 1.57. The smallest absolute Gasteiger partial charge is 0.246 e. The number of aryl methyl sites for hydroxylation is 1. The second-order valence-electron chi connectivity index (χ2n) is 5.76. The molecule has 0 unspecified atom stereocenters. The number of hydrogen-bond acceptors (Lipinski definition) is 6. The van der Waals surface area contributed by atoms with Gasteiger partial charge in [0.2, 0.25) is 15.9 Å². The van der Waals surface area contributed by atoms with Crippen LogP contribution in [0.2, 0.25) is 0 Å². The van der Waals surface area contributed by atoms with E-state index in [0.717, 1.165) is 16.1 Å². The van der Waals surface area contributed by atoms with Crippen molar-refractivity contribution in [3.8, 4) is 0 Å². The summed E-state index contributed by atoms with van der Waals surface area (Å²) >= 11 is 2.88. The van der Waals surface area contributed by atoms with E-state index in [1.165, 1.54) is 45.6 Å². The van der Waals surface area contributed by atoms with Gasteiger partial charge in [0.25, 0.3) is 0 Å². The minimum atomic E-state index is -3.89. The molecule has 0 radical (unpaired) electrons. The minimum Gasteiger partial charge on any atom is -0.339 e. The van der Waals surface area contributed by atoms with E-state index in [0.29, 0.717) is 13.1 Å². The number of nitrogens with zero attached hydrogens (tertiary/aromatic N) is 3. The molecule has 0 saturated carbocycles. The number of sulfonamides is 1. The summed E-state index contributed by atoms with van der Waals surface area (Å²) in [5.41, 5.74) is 0.928. The van der Waals surface area contributed by atoms with Gasteiger partial charge in [0.05, 0.1) is 5.75 Å². The van der Waals surface area contributed by atoms with Crippen molar-refractivity contribution in [1.82, 2.24) is 14.2 Å². The molecule has 1 fully saturated rings. The SMILES string of the molecule is Cc1csc(SCC(=O)N2CCN(S(=O)(=O)c3ccccc3F)CC2)n1. The molecule has 0 spiro atoms. The van der Waals surface area contributed by atoms with Crippen molar-refractivity contribution in [1.29, 1.82) is 0 Å². The zero-order valence-corrected chi connectivity index (χ0v) is 16.5. The van der Waals surface area contributed by atoms with Crippen molar-refractivity contribution in [2.75, 3.05) is 31.9 Å². The third-order valence-corrected chi connectivity index (χ3v) is 8.02. The number of benzene rings is 1. The van der Waals surface area contributed by atoms with E-state index in [2.05, 4.69) is 4.98 Å². The molecule has 10 heteroatoms. The first kappa shape index (κ1) is 19.3. The Bertz CT molecular complexity index is 893. The summed E-state index contributed by atoms with van der Waals surface area (Å²) < 4.78 is 41.0. The lowest BCUT2D eigenvalue weighted by atomic mass is 10.3. The quantitative estimate of drug-likeness (QED) is 0.701. The number of aromatic nitrogens is 1. The van der Waals surface area contributed by atoms with Crippen molar-refractivity contribution in [2.45, 2.75) is 16.2 Å². The molecule has 3 rings (SSSR count). The fourth-order valence-electron chi connectivity index (χ4n) is 2.58. The first-order valence-corrected chi connectivity index (χ1v) is 11.3. The molecule has 0 bridgehead atoms. The van der Waals surface area contributed by atoms with Crippen LogP contribution in [0, 0.1) is 12.7 Å². The Labute approximate surface area is 160 Å². The Morgan fingerprint density at radius 3 is 2.58 bits per heavy atom. The van der Waals surface area contributed by atoms with Gasteiger partial charge in [-0.3, -0.25) is 4.79 Å². The predicted octanol–water partition coefficient (Wildman–Crippen LogP) is 2.22. The van der Waals surface area contributed by atoms with Crippen LogP contribution in [0.5, 0.6) is 0 Å². The minimum absolute atomic E-state index is 0.0502. The Kier molecular flexibility index (Phi) is 5.96. The molecular formula is C16H18FN3O3S3. The number of carbonyl (C=O) groups excluding carboxylic acids is 1. The van der Waals surface area contributed by atoms with Crippen LogP contribution >= 0.6 is 23.1 Å². The molecule has 0 aliphatic carbocycles. The first-order valence-electron chi connectivity index (χ1n) is 7.95. The summed E-state index contributed by atoms with van der Waals surface area (Å²) in [7, 11) is -3.89. The topological polar surface area (TPSA) is 70.6 Å².